The minimum absolute atomic E-state index is 0.0456. The van der Waals surface area contributed by atoms with Crippen LogP contribution in [0.2, 0.25) is 0 Å². The van der Waals surface area contributed by atoms with E-state index < -0.39 is 6.61 Å². The molecule has 0 aliphatic carbocycles. The second-order valence-electron chi connectivity index (χ2n) is 6.69. The molecule has 0 unspecified atom stereocenters. The van der Waals surface area contributed by atoms with Crippen molar-refractivity contribution in [3.05, 3.63) is 48.0 Å². The fraction of sp³-hybridized carbons (Fsp3) is 0.381. The zero-order chi connectivity index (χ0) is 20.8. The molecule has 1 amide bonds. The number of carbonyl (C=O) groups excluding carboxylic acids is 1. The van der Waals surface area contributed by atoms with Crippen molar-refractivity contribution in [3.8, 4) is 17.2 Å². The van der Waals surface area contributed by atoms with Crippen molar-refractivity contribution >= 4 is 11.6 Å². The Hall–Kier alpha value is -2.87. The van der Waals surface area contributed by atoms with Gasteiger partial charge in [0.1, 0.15) is 17.2 Å². The van der Waals surface area contributed by atoms with Gasteiger partial charge in [-0.05, 0) is 49.7 Å². The summed E-state index contributed by atoms with van der Waals surface area (Å²) in [6.07, 6.45) is 1.91. The molecule has 2 aromatic rings. The van der Waals surface area contributed by atoms with Crippen LogP contribution in [-0.4, -0.2) is 44.7 Å². The molecule has 29 heavy (non-hydrogen) atoms. The smallest absolute Gasteiger partial charge is 0.387 e. The van der Waals surface area contributed by atoms with Gasteiger partial charge in [-0.3, -0.25) is 9.69 Å². The van der Waals surface area contributed by atoms with Crippen molar-refractivity contribution < 1.29 is 27.8 Å². The predicted molar refractivity (Wildman–Crippen MR) is 105 cm³/mol. The third-order valence-electron chi connectivity index (χ3n) is 4.87. The van der Waals surface area contributed by atoms with E-state index in [0.717, 1.165) is 30.7 Å². The Morgan fingerprint density at radius 2 is 1.86 bits per heavy atom. The minimum Gasteiger partial charge on any atom is -0.497 e. The molecular weight excluding hydrogens is 382 g/mol. The van der Waals surface area contributed by atoms with E-state index in [4.69, 9.17) is 9.47 Å². The van der Waals surface area contributed by atoms with E-state index in [2.05, 4.69) is 15.0 Å². The molecule has 6 nitrogen and oxygen atoms in total. The van der Waals surface area contributed by atoms with Crippen molar-refractivity contribution in [1.82, 2.24) is 4.90 Å². The lowest BCUT2D eigenvalue weighted by Crippen LogP contribution is -2.33. The fourth-order valence-electron chi connectivity index (χ4n) is 3.57. The van der Waals surface area contributed by atoms with Crippen molar-refractivity contribution in [1.29, 1.82) is 0 Å². The summed E-state index contributed by atoms with van der Waals surface area (Å²) in [6.45, 7) is -1.86. The average Bonchev–Trinajstić information content (AvgIpc) is 3.16. The molecule has 3 rings (SSSR count). The number of anilines is 1. The van der Waals surface area contributed by atoms with Gasteiger partial charge < -0.3 is 19.5 Å². The molecule has 0 spiro atoms. The first-order valence-electron chi connectivity index (χ1n) is 9.31. The Morgan fingerprint density at radius 3 is 2.52 bits per heavy atom. The Morgan fingerprint density at radius 1 is 1.14 bits per heavy atom. The number of likely N-dealkylation sites (tertiary alicyclic amines) is 1. The van der Waals surface area contributed by atoms with Crippen molar-refractivity contribution in [2.24, 2.45) is 0 Å². The summed E-state index contributed by atoms with van der Waals surface area (Å²) in [4.78, 5) is 14.6. The summed E-state index contributed by atoms with van der Waals surface area (Å²) in [5.74, 6) is 1.32. The lowest BCUT2D eigenvalue weighted by molar-refractivity contribution is -0.117. The minimum atomic E-state index is -2.88. The second kappa shape index (κ2) is 9.56. The third-order valence-corrected chi connectivity index (χ3v) is 4.87. The number of hydrogen-bond acceptors (Lipinski definition) is 5. The van der Waals surface area contributed by atoms with E-state index in [1.165, 1.54) is 24.3 Å². The van der Waals surface area contributed by atoms with Crippen LogP contribution in [0.4, 0.5) is 14.5 Å². The van der Waals surface area contributed by atoms with Crippen LogP contribution in [-0.2, 0) is 4.79 Å². The van der Waals surface area contributed by atoms with Gasteiger partial charge in [0.2, 0.25) is 5.91 Å². The SMILES string of the molecule is COc1ccc([C@H]2CCCN2CC(=O)Nc2ccc(OC(F)F)cc2)c(OC)c1. The van der Waals surface area contributed by atoms with Crippen molar-refractivity contribution in [3.63, 3.8) is 0 Å². The first-order valence-corrected chi connectivity index (χ1v) is 9.31. The number of halogens is 2. The van der Waals surface area contributed by atoms with Crippen LogP contribution >= 0.6 is 0 Å². The van der Waals surface area contributed by atoms with Crippen LogP contribution in [0.5, 0.6) is 17.2 Å². The number of carbonyl (C=O) groups is 1. The van der Waals surface area contributed by atoms with E-state index in [9.17, 15) is 13.6 Å². The first kappa shape index (κ1) is 20.9. The van der Waals surface area contributed by atoms with E-state index in [0.29, 0.717) is 11.4 Å². The van der Waals surface area contributed by atoms with Crippen LogP contribution < -0.4 is 19.5 Å². The molecule has 0 saturated carbocycles. The second-order valence-corrected chi connectivity index (χ2v) is 6.69. The maximum absolute atomic E-state index is 12.5. The molecule has 2 aromatic carbocycles. The zero-order valence-electron chi connectivity index (χ0n) is 16.4. The number of rotatable bonds is 8. The molecule has 1 aliphatic rings. The molecule has 1 heterocycles. The van der Waals surface area contributed by atoms with Crippen LogP contribution in [0, 0.1) is 0 Å². The predicted octanol–water partition coefficient (Wildman–Crippen LogP) is 4.08. The number of ether oxygens (including phenoxy) is 3. The standard InChI is InChI=1S/C21H24F2N2O4/c1-27-16-9-10-17(19(12-16)28-2)18-4-3-11-25(18)13-20(26)24-14-5-7-15(8-6-14)29-21(22)23/h5-10,12,18,21H,3-4,11,13H2,1-2H3,(H,24,26)/t18-/m1/s1. The summed E-state index contributed by atoms with van der Waals surface area (Å²) < 4.78 is 39.5. The molecule has 1 N–H and O–H groups in total. The van der Waals surface area contributed by atoms with Crippen LogP contribution in [0.25, 0.3) is 0 Å². The summed E-state index contributed by atoms with van der Waals surface area (Å²) in [5, 5.41) is 2.79. The van der Waals surface area contributed by atoms with Gasteiger partial charge in [-0.15, -0.1) is 0 Å². The van der Waals surface area contributed by atoms with Gasteiger partial charge in [0.15, 0.2) is 0 Å². The van der Waals surface area contributed by atoms with Gasteiger partial charge >= 0.3 is 6.61 Å². The van der Waals surface area contributed by atoms with Crippen LogP contribution in [0.1, 0.15) is 24.4 Å². The molecular formula is C21H24F2N2O4. The molecule has 1 fully saturated rings. The zero-order valence-corrected chi connectivity index (χ0v) is 16.4. The average molecular weight is 406 g/mol. The Bertz CT molecular complexity index is 830. The molecule has 0 bridgehead atoms. The van der Waals surface area contributed by atoms with Crippen molar-refractivity contribution in [2.75, 3.05) is 32.6 Å². The molecule has 8 heteroatoms. The quantitative estimate of drug-likeness (QED) is 0.716. The number of alkyl halides is 2. The number of amides is 1. The molecule has 0 aromatic heterocycles. The van der Waals surface area contributed by atoms with Gasteiger partial charge in [0.25, 0.3) is 0 Å². The number of hydrogen-bond donors (Lipinski definition) is 1. The van der Waals surface area contributed by atoms with Crippen LogP contribution in [0.3, 0.4) is 0 Å². The highest BCUT2D eigenvalue weighted by molar-refractivity contribution is 5.92. The Balaban J connectivity index is 1.64. The number of benzene rings is 2. The lowest BCUT2D eigenvalue weighted by Gasteiger charge is -2.26. The van der Waals surface area contributed by atoms with Gasteiger partial charge in [-0.1, -0.05) is 6.07 Å². The lowest BCUT2D eigenvalue weighted by atomic mass is 10.0. The molecule has 1 aliphatic heterocycles. The topological polar surface area (TPSA) is 60.0 Å². The highest BCUT2D eigenvalue weighted by Gasteiger charge is 2.29. The van der Waals surface area contributed by atoms with E-state index in [-0.39, 0.29) is 24.2 Å². The molecule has 1 saturated heterocycles. The van der Waals surface area contributed by atoms with Gasteiger partial charge in [0.05, 0.1) is 20.8 Å². The molecule has 1 atom stereocenters. The summed E-state index contributed by atoms with van der Waals surface area (Å²) in [7, 11) is 3.22. The first-order chi connectivity index (χ1) is 14.0. The van der Waals surface area contributed by atoms with Gasteiger partial charge in [-0.2, -0.15) is 8.78 Å². The maximum Gasteiger partial charge on any atom is 0.387 e. The molecule has 156 valence electrons. The summed E-state index contributed by atoms with van der Waals surface area (Å²) in [6, 6.07) is 11.6. The summed E-state index contributed by atoms with van der Waals surface area (Å²) in [5.41, 5.74) is 1.54. The van der Waals surface area contributed by atoms with Gasteiger partial charge in [-0.25, -0.2) is 0 Å². The highest BCUT2D eigenvalue weighted by Crippen LogP contribution is 2.38. The summed E-state index contributed by atoms with van der Waals surface area (Å²) >= 11 is 0. The van der Waals surface area contributed by atoms with Crippen molar-refractivity contribution in [2.45, 2.75) is 25.5 Å². The van der Waals surface area contributed by atoms with Gasteiger partial charge in [0, 0.05) is 23.4 Å². The monoisotopic (exact) mass is 406 g/mol. The normalized spacial score (nSPS) is 16.7. The van der Waals surface area contributed by atoms with E-state index in [1.54, 1.807) is 14.2 Å². The van der Waals surface area contributed by atoms with Crippen LogP contribution in [0.15, 0.2) is 42.5 Å². The van der Waals surface area contributed by atoms with E-state index >= 15 is 0 Å². The fourth-order valence-corrected chi connectivity index (χ4v) is 3.57. The Labute approximate surface area is 168 Å². The molecule has 0 radical (unpaired) electrons. The third kappa shape index (κ3) is 5.35. The Kier molecular flexibility index (Phi) is 6.87. The number of nitrogens with one attached hydrogen (secondary N) is 1. The largest absolute Gasteiger partial charge is 0.497 e. The number of methoxy groups -OCH3 is 2. The highest BCUT2D eigenvalue weighted by atomic mass is 19.3. The maximum atomic E-state index is 12.5. The number of nitrogens with zero attached hydrogens (tertiary/aromatic N) is 1. The van der Waals surface area contributed by atoms with E-state index in [1.807, 2.05) is 18.2 Å².